The molecule has 0 saturated carbocycles. The zero-order valence-electron chi connectivity index (χ0n) is 11.8. The fourth-order valence-corrected chi connectivity index (χ4v) is 1.55. The van der Waals surface area contributed by atoms with Gasteiger partial charge in [-0.15, -0.1) is 0 Å². The number of anilines is 2. The van der Waals surface area contributed by atoms with Crippen LogP contribution in [0.5, 0.6) is 0 Å². The molecule has 1 aromatic heterocycles. The van der Waals surface area contributed by atoms with E-state index in [1.807, 2.05) is 20.0 Å². The number of rotatable bonds is 8. The predicted octanol–water partition coefficient (Wildman–Crippen LogP) is 2.44. The molecule has 1 aromatic rings. The van der Waals surface area contributed by atoms with Crippen molar-refractivity contribution < 1.29 is 4.74 Å². The Balaban J connectivity index is 2.24. The van der Waals surface area contributed by atoms with Crippen LogP contribution >= 0.6 is 0 Å². The standard InChI is InChI=1S/C13H24N4O/c1-10(2)18-8-6-5-7-15-13-9-12(14-4)16-11(3)17-13/h9-10H,5-8H2,1-4H3,(H2,14,15,16,17). The highest BCUT2D eigenvalue weighted by atomic mass is 16.5. The lowest BCUT2D eigenvalue weighted by atomic mass is 10.3. The second kappa shape index (κ2) is 7.87. The first-order valence-corrected chi connectivity index (χ1v) is 6.50. The summed E-state index contributed by atoms with van der Waals surface area (Å²) < 4.78 is 5.49. The topological polar surface area (TPSA) is 59.1 Å². The average Bonchev–Trinajstić information content (AvgIpc) is 2.32. The zero-order valence-corrected chi connectivity index (χ0v) is 11.8. The van der Waals surface area contributed by atoms with Crippen molar-refractivity contribution in [3.63, 3.8) is 0 Å². The molecular weight excluding hydrogens is 228 g/mol. The Morgan fingerprint density at radius 2 is 1.94 bits per heavy atom. The van der Waals surface area contributed by atoms with Crippen LogP contribution in [0.25, 0.3) is 0 Å². The SMILES string of the molecule is CNc1cc(NCCCCOC(C)C)nc(C)n1. The van der Waals surface area contributed by atoms with Crippen LogP contribution in [0.1, 0.15) is 32.5 Å². The highest BCUT2D eigenvalue weighted by molar-refractivity contribution is 5.46. The van der Waals surface area contributed by atoms with Gasteiger partial charge in [-0.25, -0.2) is 9.97 Å². The first-order valence-electron chi connectivity index (χ1n) is 6.50. The van der Waals surface area contributed by atoms with Crippen LogP contribution in [-0.4, -0.2) is 36.3 Å². The highest BCUT2D eigenvalue weighted by Crippen LogP contribution is 2.10. The number of hydrogen-bond acceptors (Lipinski definition) is 5. The fraction of sp³-hybridized carbons (Fsp3) is 0.692. The summed E-state index contributed by atoms with van der Waals surface area (Å²) in [7, 11) is 1.86. The van der Waals surface area contributed by atoms with Gasteiger partial charge in [-0.1, -0.05) is 0 Å². The summed E-state index contributed by atoms with van der Waals surface area (Å²) in [5, 5.41) is 6.32. The molecule has 1 heterocycles. The molecule has 0 atom stereocenters. The molecule has 0 aliphatic heterocycles. The molecule has 0 aliphatic rings. The Labute approximate surface area is 109 Å². The third-order valence-corrected chi connectivity index (χ3v) is 2.42. The van der Waals surface area contributed by atoms with Crippen LogP contribution in [0.3, 0.4) is 0 Å². The van der Waals surface area contributed by atoms with Gasteiger partial charge in [0, 0.05) is 26.3 Å². The normalized spacial score (nSPS) is 10.7. The fourth-order valence-electron chi connectivity index (χ4n) is 1.55. The van der Waals surface area contributed by atoms with Gasteiger partial charge in [-0.3, -0.25) is 0 Å². The van der Waals surface area contributed by atoms with Gasteiger partial charge in [-0.2, -0.15) is 0 Å². The molecule has 1 rings (SSSR count). The van der Waals surface area contributed by atoms with E-state index in [4.69, 9.17) is 4.74 Å². The van der Waals surface area contributed by atoms with E-state index in [0.717, 1.165) is 43.5 Å². The Morgan fingerprint density at radius 1 is 1.22 bits per heavy atom. The molecule has 0 aromatic carbocycles. The quantitative estimate of drug-likeness (QED) is 0.696. The lowest BCUT2D eigenvalue weighted by Gasteiger charge is -2.09. The van der Waals surface area contributed by atoms with Crippen molar-refractivity contribution in [1.82, 2.24) is 9.97 Å². The molecule has 0 saturated heterocycles. The van der Waals surface area contributed by atoms with Gasteiger partial charge in [0.25, 0.3) is 0 Å². The maximum Gasteiger partial charge on any atom is 0.131 e. The van der Waals surface area contributed by atoms with Crippen molar-refractivity contribution in [2.45, 2.75) is 39.7 Å². The second-order valence-corrected chi connectivity index (χ2v) is 4.49. The number of ether oxygens (including phenoxy) is 1. The molecule has 2 N–H and O–H groups in total. The number of hydrogen-bond donors (Lipinski definition) is 2. The molecule has 0 fully saturated rings. The summed E-state index contributed by atoms with van der Waals surface area (Å²) in [6.45, 7) is 7.73. The molecule has 18 heavy (non-hydrogen) atoms. The van der Waals surface area contributed by atoms with Crippen LogP contribution in [0.4, 0.5) is 11.6 Å². The van der Waals surface area contributed by atoms with E-state index in [1.165, 1.54) is 0 Å². The van der Waals surface area contributed by atoms with E-state index in [9.17, 15) is 0 Å². The maximum atomic E-state index is 5.49. The lowest BCUT2D eigenvalue weighted by Crippen LogP contribution is -2.08. The largest absolute Gasteiger partial charge is 0.379 e. The van der Waals surface area contributed by atoms with Crippen LogP contribution in [0.2, 0.25) is 0 Å². The molecule has 5 heteroatoms. The Bertz CT molecular complexity index is 355. The summed E-state index contributed by atoms with van der Waals surface area (Å²) in [4.78, 5) is 8.58. The van der Waals surface area contributed by atoms with Crippen LogP contribution in [0.15, 0.2) is 6.07 Å². The smallest absolute Gasteiger partial charge is 0.131 e. The van der Waals surface area contributed by atoms with Crippen molar-refractivity contribution >= 4 is 11.6 Å². The molecule has 0 unspecified atom stereocenters. The summed E-state index contributed by atoms with van der Waals surface area (Å²) in [5.74, 6) is 2.48. The minimum atomic E-state index is 0.320. The third-order valence-electron chi connectivity index (χ3n) is 2.42. The maximum absolute atomic E-state index is 5.49. The van der Waals surface area contributed by atoms with Crippen LogP contribution in [0, 0.1) is 6.92 Å². The Morgan fingerprint density at radius 3 is 2.61 bits per heavy atom. The minimum Gasteiger partial charge on any atom is -0.379 e. The van der Waals surface area contributed by atoms with Crippen LogP contribution < -0.4 is 10.6 Å². The molecule has 0 bridgehead atoms. The number of nitrogens with one attached hydrogen (secondary N) is 2. The number of nitrogens with zero attached hydrogens (tertiary/aromatic N) is 2. The Kier molecular flexibility index (Phi) is 6.43. The molecule has 5 nitrogen and oxygen atoms in total. The summed E-state index contributed by atoms with van der Waals surface area (Å²) in [6, 6.07) is 1.91. The first-order chi connectivity index (χ1) is 8.61. The van der Waals surface area contributed by atoms with E-state index in [0.29, 0.717) is 6.10 Å². The first kappa shape index (κ1) is 14.7. The molecule has 0 aliphatic carbocycles. The van der Waals surface area contributed by atoms with E-state index < -0.39 is 0 Å². The molecule has 0 radical (unpaired) electrons. The van der Waals surface area contributed by atoms with Gasteiger partial charge >= 0.3 is 0 Å². The molecule has 0 amide bonds. The summed E-state index contributed by atoms with van der Waals surface area (Å²) >= 11 is 0. The van der Waals surface area contributed by atoms with Gasteiger partial charge in [0.15, 0.2) is 0 Å². The van der Waals surface area contributed by atoms with Gasteiger partial charge in [0.1, 0.15) is 17.5 Å². The number of unbranched alkanes of at least 4 members (excludes halogenated alkanes) is 1. The Hall–Kier alpha value is -1.36. The second-order valence-electron chi connectivity index (χ2n) is 4.49. The number of aromatic nitrogens is 2. The molecule has 0 spiro atoms. The van der Waals surface area contributed by atoms with E-state index in [2.05, 4.69) is 34.4 Å². The average molecular weight is 252 g/mol. The van der Waals surface area contributed by atoms with Gasteiger partial charge < -0.3 is 15.4 Å². The highest BCUT2D eigenvalue weighted by Gasteiger charge is 2.00. The van der Waals surface area contributed by atoms with Gasteiger partial charge in [-0.05, 0) is 33.6 Å². The van der Waals surface area contributed by atoms with Gasteiger partial charge in [0.05, 0.1) is 6.10 Å². The number of aryl methyl sites for hydroxylation is 1. The lowest BCUT2D eigenvalue weighted by molar-refractivity contribution is 0.0765. The molecule has 102 valence electrons. The zero-order chi connectivity index (χ0) is 13.4. The van der Waals surface area contributed by atoms with Crippen molar-refractivity contribution in [2.75, 3.05) is 30.8 Å². The van der Waals surface area contributed by atoms with Crippen molar-refractivity contribution in [1.29, 1.82) is 0 Å². The van der Waals surface area contributed by atoms with Crippen molar-refractivity contribution in [2.24, 2.45) is 0 Å². The van der Waals surface area contributed by atoms with E-state index >= 15 is 0 Å². The predicted molar refractivity (Wildman–Crippen MR) is 75.1 cm³/mol. The molecular formula is C13H24N4O. The third kappa shape index (κ3) is 5.82. The van der Waals surface area contributed by atoms with Crippen molar-refractivity contribution in [3.05, 3.63) is 11.9 Å². The van der Waals surface area contributed by atoms with E-state index in [1.54, 1.807) is 0 Å². The monoisotopic (exact) mass is 252 g/mol. The van der Waals surface area contributed by atoms with E-state index in [-0.39, 0.29) is 0 Å². The van der Waals surface area contributed by atoms with Gasteiger partial charge in [0.2, 0.25) is 0 Å². The summed E-state index contributed by atoms with van der Waals surface area (Å²) in [5.41, 5.74) is 0. The minimum absolute atomic E-state index is 0.320. The summed E-state index contributed by atoms with van der Waals surface area (Å²) in [6.07, 6.45) is 2.46. The van der Waals surface area contributed by atoms with Crippen LogP contribution in [-0.2, 0) is 4.74 Å². The van der Waals surface area contributed by atoms with Crippen molar-refractivity contribution in [3.8, 4) is 0 Å².